The fraction of sp³-hybridized carbons (Fsp3) is 0.423. The summed E-state index contributed by atoms with van der Waals surface area (Å²) in [5, 5.41) is 13.3. The number of nitrogens with one attached hydrogen (secondary N) is 1. The lowest BCUT2D eigenvalue weighted by Gasteiger charge is -2.53. The number of aliphatic imine (C=N–C) groups is 1. The molecule has 162 valence electrons. The number of benzene rings is 1. The van der Waals surface area contributed by atoms with Crippen LogP contribution in [0.3, 0.4) is 0 Å². The zero-order chi connectivity index (χ0) is 22.0. The van der Waals surface area contributed by atoms with Crippen LogP contribution < -0.4 is 5.32 Å². The van der Waals surface area contributed by atoms with Crippen molar-refractivity contribution in [1.29, 1.82) is 0 Å². The van der Waals surface area contributed by atoms with E-state index in [1.54, 1.807) is 11.3 Å². The Bertz CT molecular complexity index is 1300. The molecule has 1 saturated carbocycles. The first-order valence-corrected chi connectivity index (χ1v) is 12.2. The summed E-state index contributed by atoms with van der Waals surface area (Å²) in [4.78, 5) is 6.44. The van der Waals surface area contributed by atoms with Crippen molar-refractivity contribution in [2.45, 2.75) is 46.6 Å². The lowest BCUT2D eigenvalue weighted by atomic mass is 9.59. The average molecular weight is 442 g/mol. The molecule has 2 aromatic heterocycles. The molecule has 1 saturated heterocycles. The minimum Gasteiger partial charge on any atom is -0.316 e. The highest BCUT2D eigenvalue weighted by Gasteiger charge is 2.47. The third-order valence-corrected chi connectivity index (χ3v) is 8.48. The van der Waals surface area contributed by atoms with Gasteiger partial charge in [-0.15, -0.1) is 21.5 Å². The molecule has 0 unspecified atom stereocenters. The van der Waals surface area contributed by atoms with Gasteiger partial charge in [0, 0.05) is 40.6 Å². The first kappa shape index (κ1) is 19.9. The topological polar surface area (TPSA) is 55.1 Å². The van der Waals surface area contributed by atoms with Gasteiger partial charge in [0.05, 0.1) is 5.71 Å². The molecule has 32 heavy (non-hydrogen) atoms. The molecule has 2 fully saturated rings. The first-order chi connectivity index (χ1) is 15.4. The normalized spacial score (nSPS) is 20.9. The van der Waals surface area contributed by atoms with Crippen molar-refractivity contribution < 1.29 is 0 Å². The molecule has 1 aromatic carbocycles. The third kappa shape index (κ3) is 2.99. The van der Waals surface area contributed by atoms with Crippen LogP contribution in [0.15, 0.2) is 29.3 Å². The van der Waals surface area contributed by atoms with Gasteiger partial charge in [0.2, 0.25) is 0 Å². The van der Waals surface area contributed by atoms with E-state index < -0.39 is 0 Å². The molecule has 6 heteroatoms. The predicted octanol–water partition coefficient (Wildman–Crippen LogP) is 4.52. The Labute approximate surface area is 193 Å². The highest BCUT2D eigenvalue weighted by molar-refractivity contribution is 7.15. The number of hydrogen-bond donors (Lipinski definition) is 1. The minimum atomic E-state index is -0.0584. The van der Waals surface area contributed by atoms with Crippen LogP contribution in [0, 0.1) is 43.9 Å². The van der Waals surface area contributed by atoms with Gasteiger partial charge in [-0.1, -0.05) is 24.0 Å². The molecule has 3 aromatic rings. The van der Waals surface area contributed by atoms with Crippen LogP contribution in [0.5, 0.6) is 0 Å². The molecule has 0 radical (unpaired) electrons. The van der Waals surface area contributed by atoms with Crippen molar-refractivity contribution in [3.63, 3.8) is 0 Å². The van der Waals surface area contributed by atoms with E-state index in [1.165, 1.54) is 46.9 Å². The molecular weight excluding hydrogens is 414 g/mol. The largest absolute Gasteiger partial charge is 0.316 e. The summed E-state index contributed by atoms with van der Waals surface area (Å²) in [6.45, 7) is 10.8. The van der Waals surface area contributed by atoms with Gasteiger partial charge in [-0.2, -0.15) is 0 Å². The Balaban J connectivity index is 1.33. The van der Waals surface area contributed by atoms with Gasteiger partial charge in [0.25, 0.3) is 0 Å². The summed E-state index contributed by atoms with van der Waals surface area (Å²) in [5.74, 6) is 9.27. The smallest absolute Gasteiger partial charge is 0.162 e. The predicted molar refractivity (Wildman–Crippen MR) is 129 cm³/mol. The minimum absolute atomic E-state index is 0.0584. The molecule has 3 aliphatic rings. The Hall–Kier alpha value is -2.75. The van der Waals surface area contributed by atoms with Crippen molar-refractivity contribution >= 4 is 17.0 Å². The van der Waals surface area contributed by atoms with Gasteiger partial charge in [0.15, 0.2) is 5.82 Å². The van der Waals surface area contributed by atoms with Crippen LogP contribution in [0.2, 0.25) is 0 Å². The van der Waals surface area contributed by atoms with E-state index in [0.717, 1.165) is 28.5 Å². The number of aryl methyl sites for hydroxylation is 2. The van der Waals surface area contributed by atoms with Gasteiger partial charge < -0.3 is 5.32 Å². The summed E-state index contributed by atoms with van der Waals surface area (Å²) >= 11 is 1.80. The van der Waals surface area contributed by atoms with Crippen molar-refractivity contribution in [1.82, 2.24) is 20.1 Å². The summed E-state index contributed by atoms with van der Waals surface area (Å²) in [5.41, 5.74) is 6.31. The maximum Gasteiger partial charge on any atom is 0.162 e. The molecule has 1 atom stereocenters. The zero-order valence-corrected chi connectivity index (χ0v) is 19.8. The second kappa shape index (κ2) is 7.13. The molecule has 0 amide bonds. The number of thiophene rings is 1. The second-order valence-electron chi connectivity index (χ2n) is 9.61. The van der Waals surface area contributed by atoms with Gasteiger partial charge in [-0.25, -0.2) is 0 Å². The van der Waals surface area contributed by atoms with Gasteiger partial charge in [-0.05, 0) is 63.6 Å². The van der Waals surface area contributed by atoms with E-state index >= 15 is 0 Å². The van der Waals surface area contributed by atoms with Crippen LogP contribution in [-0.2, 0) is 0 Å². The summed E-state index contributed by atoms with van der Waals surface area (Å²) in [6, 6.07) is 8.56. The average Bonchev–Trinajstić information content (AvgIpc) is 3.20. The fourth-order valence-corrected chi connectivity index (χ4v) is 6.45. The van der Waals surface area contributed by atoms with E-state index in [1.807, 2.05) is 6.92 Å². The van der Waals surface area contributed by atoms with Crippen LogP contribution in [0.25, 0.3) is 5.00 Å². The summed E-state index contributed by atoms with van der Waals surface area (Å²) in [7, 11) is 0. The highest BCUT2D eigenvalue weighted by atomic mass is 32.1. The number of fused-ring (bicyclic) bond motifs is 3. The lowest BCUT2D eigenvalue weighted by Crippen LogP contribution is -2.59. The van der Waals surface area contributed by atoms with E-state index in [2.05, 4.69) is 77.0 Å². The Kier molecular flexibility index (Phi) is 4.43. The standard InChI is InChI=1S/C26H27N5S/c1-15-17(3)32-25-22(15)23(28-16(2)24-30-29-18(4)31(24)25)21-9-7-19(8-10-21)5-6-20-11-26(12-20)13-27-14-26/h7-10,16,20,27H,11-14H2,1-4H3/t16-/m0/s1. The highest BCUT2D eigenvalue weighted by Crippen LogP contribution is 2.48. The van der Waals surface area contributed by atoms with Gasteiger partial charge >= 0.3 is 0 Å². The van der Waals surface area contributed by atoms with Crippen LogP contribution in [-0.4, -0.2) is 33.6 Å². The number of hydrogen-bond acceptors (Lipinski definition) is 5. The molecule has 1 N–H and O–H groups in total. The molecular formula is C26H27N5S. The van der Waals surface area contributed by atoms with E-state index in [4.69, 9.17) is 4.99 Å². The molecule has 2 aliphatic heterocycles. The molecule has 5 nitrogen and oxygen atoms in total. The number of aromatic nitrogens is 3. The van der Waals surface area contributed by atoms with Crippen molar-refractivity contribution in [3.8, 4) is 16.8 Å². The lowest BCUT2D eigenvalue weighted by molar-refractivity contribution is 0.0266. The molecule has 1 aliphatic carbocycles. The summed E-state index contributed by atoms with van der Waals surface area (Å²) in [6.07, 6.45) is 2.50. The summed E-state index contributed by atoms with van der Waals surface area (Å²) < 4.78 is 2.18. The Morgan fingerprint density at radius 1 is 1.09 bits per heavy atom. The van der Waals surface area contributed by atoms with Gasteiger partial charge in [0.1, 0.15) is 16.9 Å². The first-order valence-electron chi connectivity index (χ1n) is 11.4. The van der Waals surface area contributed by atoms with Crippen molar-refractivity contribution in [2.24, 2.45) is 16.3 Å². The van der Waals surface area contributed by atoms with Gasteiger partial charge in [-0.3, -0.25) is 9.56 Å². The van der Waals surface area contributed by atoms with E-state index in [0.29, 0.717) is 11.3 Å². The molecule has 4 heterocycles. The van der Waals surface area contributed by atoms with E-state index in [9.17, 15) is 0 Å². The van der Waals surface area contributed by atoms with Crippen LogP contribution in [0.1, 0.15) is 64.6 Å². The van der Waals surface area contributed by atoms with Crippen LogP contribution in [0.4, 0.5) is 0 Å². The Morgan fingerprint density at radius 3 is 2.53 bits per heavy atom. The monoisotopic (exact) mass is 441 g/mol. The number of rotatable bonds is 1. The molecule has 0 bridgehead atoms. The Morgan fingerprint density at radius 2 is 1.84 bits per heavy atom. The number of nitrogens with zero attached hydrogens (tertiary/aromatic N) is 4. The fourth-order valence-electron chi connectivity index (χ4n) is 5.23. The maximum atomic E-state index is 5.13. The van der Waals surface area contributed by atoms with Crippen LogP contribution >= 0.6 is 11.3 Å². The van der Waals surface area contributed by atoms with E-state index in [-0.39, 0.29) is 6.04 Å². The second-order valence-corrected chi connectivity index (χ2v) is 10.8. The maximum absolute atomic E-state index is 5.13. The molecule has 1 spiro atoms. The van der Waals surface area contributed by atoms with Crippen molar-refractivity contribution in [2.75, 3.05) is 13.1 Å². The SMILES string of the molecule is Cc1sc2c(c1C)C(c1ccc(C#CC3CC4(CNC4)C3)cc1)=N[C@@H](C)c1nnc(C)n1-2. The quantitative estimate of drug-likeness (QED) is 0.565. The zero-order valence-electron chi connectivity index (χ0n) is 19.0. The third-order valence-electron chi connectivity index (χ3n) is 7.29. The van der Waals surface area contributed by atoms with Crippen molar-refractivity contribution in [3.05, 3.63) is 63.0 Å². The molecule has 6 rings (SSSR count).